The first-order chi connectivity index (χ1) is 16.0. The smallest absolute Gasteiger partial charge is 0.230 e. The zero-order valence-corrected chi connectivity index (χ0v) is 18.4. The Balaban J connectivity index is 1.43. The number of halogens is 1. The number of rotatable bonds is 6. The van der Waals surface area contributed by atoms with Crippen molar-refractivity contribution in [3.05, 3.63) is 54.1 Å². The van der Waals surface area contributed by atoms with Gasteiger partial charge in [0.2, 0.25) is 11.6 Å². The molecule has 5 rings (SSSR count). The average molecular weight is 449 g/mol. The van der Waals surface area contributed by atoms with E-state index in [4.69, 9.17) is 9.47 Å². The molecular formula is C25H24FN3O4. The van der Waals surface area contributed by atoms with E-state index in [9.17, 15) is 14.0 Å². The van der Waals surface area contributed by atoms with Crippen molar-refractivity contribution in [2.75, 3.05) is 26.8 Å². The fourth-order valence-electron chi connectivity index (χ4n) is 4.68. The number of carbonyl (C=O) groups excluding carboxylic acids is 2. The van der Waals surface area contributed by atoms with E-state index in [1.807, 2.05) is 24.0 Å². The lowest BCUT2D eigenvalue weighted by Crippen LogP contribution is -2.66. The van der Waals surface area contributed by atoms with Gasteiger partial charge in [-0.3, -0.25) is 14.5 Å². The van der Waals surface area contributed by atoms with Crippen LogP contribution in [0.15, 0.2) is 42.6 Å². The highest BCUT2D eigenvalue weighted by Crippen LogP contribution is 2.37. The van der Waals surface area contributed by atoms with E-state index in [1.165, 1.54) is 12.1 Å². The van der Waals surface area contributed by atoms with Crippen molar-refractivity contribution < 1.29 is 23.5 Å². The first-order valence-electron chi connectivity index (χ1n) is 11.0. The Bertz CT molecular complexity index is 1280. The maximum atomic E-state index is 14.0. The monoisotopic (exact) mass is 449 g/mol. The SMILES string of the molecule is CCOC1C(=O)C(=O)C1N1CC=C(c2cc3c(-c4cc(F)ccc4OC)ccnc3[nH]2)CC1. The zero-order chi connectivity index (χ0) is 23.1. The predicted molar refractivity (Wildman–Crippen MR) is 121 cm³/mol. The lowest BCUT2D eigenvalue weighted by molar-refractivity contribution is -0.164. The number of nitrogens with zero attached hydrogens (tertiary/aromatic N) is 2. The Kier molecular flexibility index (Phi) is 5.55. The maximum absolute atomic E-state index is 14.0. The van der Waals surface area contributed by atoms with Crippen LogP contribution in [-0.4, -0.2) is 65.4 Å². The van der Waals surface area contributed by atoms with Crippen LogP contribution in [-0.2, 0) is 14.3 Å². The number of benzene rings is 1. The molecule has 1 fully saturated rings. The molecule has 1 N–H and O–H groups in total. The number of aromatic amines is 1. The second-order valence-corrected chi connectivity index (χ2v) is 8.17. The summed E-state index contributed by atoms with van der Waals surface area (Å²) in [5.74, 6) is -0.550. The first-order valence-corrected chi connectivity index (χ1v) is 11.0. The quantitative estimate of drug-likeness (QED) is 0.581. The van der Waals surface area contributed by atoms with E-state index in [1.54, 1.807) is 19.4 Å². The summed E-state index contributed by atoms with van der Waals surface area (Å²) in [6.45, 7) is 3.41. The number of fused-ring (bicyclic) bond motifs is 1. The van der Waals surface area contributed by atoms with Crippen molar-refractivity contribution in [3.8, 4) is 16.9 Å². The lowest BCUT2D eigenvalue weighted by atomic mass is 9.83. The Morgan fingerprint density at radius 3 is 2.76 bits per heavy atom. The summed E-state index contributed by atoms with van der Waals surface area (Å²) in [7, 11) is 1.56. The number of hydrogen-bond acceptors (Lipinski definition) is 6. The van der Waals surface area contributed by atoms with Crippen LogP contribution in [0.5, 0.6) is 5.75 Å². The van der Waals surface area contributed by atoms with Gasteiger partial charge in [0, 0.05) is 42.5 Å². The van der Waals surface area contributed by atoms with Gasteiger partial charge in [0.05, 0.1) is 7.11 Å². The van der Waals surface area contributed by atoms with Crippen molar-refractivity contribution >= 4 is 28.2 Å². The van der Waals surface area contributed by atoms with Gasteiger partial charge in [-0.25, -0.2) is 9.37 Å². The molecule has 1 saturated carbocycles. The van der Waals surface area contributed by atoms with Crippen molar-refractivity contribution in [1.29, 1.82) is 0 Å². The number of nitrogens with one attached hydrogen (secondary N) is 1. The molecule has 0 bridgehead atoms. The van der Waals surface area contributed by atoms with E-state index >= 15 is 0 Å². The van der Waals surface area contributed by atoms with Crippen LogP contribution in [0.1, 0.15) is 19.0 Å². The Morgan fingerprint density at radius 1 is 1.18 bits per heavy atom. The third-order valence-corrected chi connectivity index (χ3v) is 6.37. The molecule has 7 nitrogen and oxygen atoms in total. The Labute approximate surface area is 190 Å². The number of H-pyrrole nitrogens is 1. The standard InChI is InChI=1S/C25H24FN3O4/c1-3-33-24-21(22(30)23(24)31)29-10-7-14(8-11-29)19-13-18-16(6-9-27-25(18)28-19)17-12-15(26)4-5-20(17)32-2/h4-7,9,12-13,21,24H,3,8,10-11H2,1-2H3,(H,27,28). The Hall–Kier alpha value is -3.36. The number of aromatic nitrogens is 2. The number of methoxy groups -OCH3 is 1. The lowest BCUT2D eigenvalue weighted by Gasteiger charge is -2.41. The van der Waals surface area contributed by atoms with E-state index in [0.29, 0.717) is 43.1 Å². The van der Waals surface area contributed by atoms with E-state index in [0.717, 1.165) is 22.2 Å². The average Bonchev–Trinajstić information content (AvgIpc) is 3.28. The normalized spacial score (nSPS) is 21.2. The second-order valence-electron chi connectivity index (χ2n) is 8.17. The zero-order valence-electron chi connectivity index (χ0n) is 18.4. The fraction of sp³-hybridized carbons (Fsp3) is 0.320. The fourth-order valence-corrected chi connectivity index (χ4v) is 4.68. The summed E-state index contributed by atoms with van der Waals surface area (Å²) in [5, 5.41) is 0.871. The molecule has 2 atom stereocenters. The molecule has 2 aliphatic rings. The third kappa shape index (κ3) is 3.65. The second kappa shape index (κ2) is 8.53. The summed E-state index contributed by atoms with van der Waals surface area (Å²) in [6, 6.07) is 7.82. The van der Waals surface area contributed by atoms with Crippen LogP contribution < -0.4 is 4.74 Å². The van der Waals surface area contributed by atoms with Gasteiger partial charge in [0.1, 0.15) is 29.4 Å². The highest BCUT2D eigenvalue weighted by Gasteiger charge is 2.52. The highest BCUT2D eigenvalue weighted by atomic mass is 19.1. The summed E-state index contributed by atoms with van der Waals surface area (Å²) in [4.78, 5) is 33.8. The van der Waals surface area contributed by atoms with Gasteiger partial charge >= 0.3 is 0 Å². The van der Waals surface area contributed by atoms with E-state index < -0.39 is 17.9 Å². The van der Waals surface area contributed by atoms with Crippen molar-refractivity contribution in [2.45, 2.75) is 25.5 Å². The molecule has 1 aliphatic heterocycles. The van der Waals surface area contributed by atoms with Crippen molar-refractivity contribution in [2.24, 2.45) is 0 Å². The molecule has 33 heavy (non-hydrogen) atoms. The topological polar surface area (TPSA) is 84.5 Å². The van der Waals surface area contributed by atoms with Crippen LogP contribution in [0.25, 0.3) is 27.7 Å². The summed E-state index contributed by atoms with van der Waals surface area (Å²) >= 11 is 0. The minimum absolute atomic E-state index is 0.337. The molecule has 2 aromatic heterocycles. The predicted octanol–water partition coefficient (Wildman–Crippen LogP) is 3.39. The number of pyridine rings is 1. The van der Waals surface area contributed by atoms with Gasteiger partial charge < -0.3 is 14.5 Å². The molecule has 3 aromatic rings. The number of carbonyl (C=O) groups is 2. The molecule has 8 heteroatoms. The van der Waals surface area contributed by atoms with Crippen LogP contribution >= 0.6 is 0 Å². The minimum atomic E-state index is -0.654. The number of ether oxygens (including phenoxy) is 2. The van der Waals surface area contributed by atoms with Gasteiger partial charge in [0.15, 0.2) is 0 Å². The van der Waals surface area contributed by atoms with Gasteiger partial charge in [-0.1, -0.05) is 6.08 Å². The largest absolute Gasteiger partial charge is 0.496 e. The van der Waals surface area contributed by atoms with E-state index in [2.05, 4.69) is 16.0 Å². The van der Waals surface area contributed by atoms with E-state index in [-0.39, 0.29) is 11.6 Å². The van der Waals surface area contributed by atoms with Gasteiger partial charge in [-0.15, -0.1) is 0 Å². The molecular weight excluding hydrogens is 425 g/mol. The van der Waals surface area contributed by atoms with Crippen LogP contribution in [0, 0.1) is 5.82 Å². The number of Topliss-reactive ketones (excluding diaryl/α,β-unsaturated/α-hetero) is 2. The first kappa shape index (κ1) is 21.5. The molecule has 0 spiro atoms. The summed E-state index contributed by atoms with van der Waals surface area (Å²) in [5.41, 5.74) is 4.22. The molecule has 0 saturated heterocycles. The van der Waals surface area contributed by atoms with Crippen LogP contribution in [0.2, 0.25) is 0 Å². The third-order valence-electron chi connectivity index (χ3n) is 6.37. The molecule has 3 heterocycles. The maximum Gasteiger partial charge on any atom is 0.230 e. The van der Waals surface area contributed by atoms with Gasteiger partial charge in [-0.05, 0) is 54.8 Å². The molecule has 0 amide bonds. The molecule has 0 radical (unpaired) electrons. The van der Waals surface area contributed by atoms with Crippen molar-refractivity contribution in [3.63, 3.8) is 0 Å². The van der Waals surface area contributed by atoms with Crippen LogP contribution in [0.4, 0.5) is 4.39 Å². The Morgan fingerprint density at radius 2 is 2.03 bits per heavy atom. The molecule has 2 unspecified atom stereocenters. The molecule has 170 valence electrons. The van der Waals surface area contributed by atoms with Crippen LogP contribution in [0.3, 0.4) is 0 Å². The summed E-state index contributed by atoms with van der Waals surface area (Å²) < 4.78 is 24.9. The molecule has 1 aliphatic carbocycles. The van der Waals surface area contributed by atoms with Gasteiger partial charge in [-0.2, -0.15) is 0 Å². The summed E-state index contributed by atoms with van der Waals surface area (Å²) in [6.07, 6.45) is 3.81. The molecule has 1 aromatic carbocycles. The highest BCUT2D eigenvalue weighted by molar-refractivity contribution is 6.48. The van der Waals surface area contributed by atoms with Crippen molar-refractivity contribution in [1.82, 2.24) is 14.9 Å². The van der Waals surface area contributed by atoms with Gasteiger partial charge in [0.25, 0.3) is 0 Å². The number of hydrogen-bond donors (Lipinski definition) is 1. The minimum Gasteiger partial charge on any atom is -0.496 e. The number of ketones is 2.